The standard InChI is InChI=1S/C9H6O6.C8H4N2.C6H10O4/c10-4-14-7-1-6(9(12)13)2-8(3-7)15-5-11;1-10-8-4-2-7(6-9)3-5-8;7-5-10-4-2-1-3-6(8)9/h1-5H,(H,12,13);2-5H;5H,1-4H2,(H,8,9). The number of benzene rings is 2. The highest BCUT2D eigenvalue weighted by Gasteiger charge is 2.08. The summed E-state index contributed by atoms with van der Waals surface area (Å²) in [4.78, 5) is 53.4. The number of carbonyl (C=O) groups excluding carboxylic acids is 3. The Kier molecular flexibility index (Phi) is 15.6. The van der Waals surface area contributed by atoms with E-state index in [2.05, 4.69) is 19.1 Å². The Morgan fingerprint density at radius 3 is 1.91 bits per heavy atom. The summed E-state index contributed by atoms with van der Waals surface area (Å²) in [6, 6.07) is 12.0. The van der Waals surface area contributed by atoms with Crippen LogP contribution in [0.15, 0.2) is 42.5 Å². The smallest absolute Gasteiger partial charge is 0.335 e. The third kappa shape index (κ3) is 14.5. The van der Waals surface area contributed by atoms with Gasteiger partial charge in [0.15, 0.2) is 5.69 Å². The summed E-state index contributed by atoms with van der Waals surface area (Å²) in [5.74, 6) is -2.06. The molecule has 0 saturated carbocycles. The van der Waals surface area contributed by atoms with Crippen molar-refractivity contribution in [1.29, 1.82) is 5.26 Å². The summed E-state index contributed by atoms with van der Waals surface area (Å²) in [6.07, 6.45) is 1.32. The van der Waals surface area contributed by atoms with Crippen LogP contribution >= 0.6 is 0 Å². The van der Waals surface area contributed by atoms with E-state index in [1.165, 1.54) is 6.07 Å². The molecule has 0 radical (unpaired) electrons. The number of nitriles is 1. The van der Waals surface area contributed by atoms with Gasteiger partial charge in [-0.15, -0.1) is 0 Å². The molecule has 2 N–H and O–H groups in total. The van der Waals surface area contributed by atoms with Crippen molar-refractivity contribution in [3.8, 4) is 17.6 Å². The van der Waals surface area contributed by atoms with Crippen LogP contribution in [-0.4, -0.2) is 48.2 Å². The molecule has 182 valence electrons. The monoisotopic (exact) mass is 484 g/mol. The van der Waals surface area contributed by atoms with Gasteiger partial charge < -0.3 is 24.4 Å². The van der Waals surface area contributed by atoms with Gasteiger partial charge in [-0.05, 0) is 25.0 Å². The number of hydrogen-bond donors (Lipinski definition) is 2. The van der Waals surface area contributed by atoms with Gasteiger partial charge in [-0.2, -0.15) is 5.26 Å². The van der Waals surface area contributed by atoms with E-state index in [0.717, 1.165) is 12.1 Å². The first-order chi connectivity index (χ1) is 16.8. The van der Waals surface area contributed by atoms with Crippen LogP contribution in [0.5, 0.6) is 11.5 Å². The zero-order valence-electron chi connectivity index (χ0n) is 18.2. The van der Waals surface area contributed by atoms with E-state index in [0.29, 0.717) is 37.2 Å². The average Bonchev–Trinajstić information content (AvgIpc) is 2.85. The molecule has 2 rings (SSSR count). The van der Waals surface area contributed by atoms with E-state index in [-0.39, 0.29) is 36.4 Å². The van der Waals surface area contributed by atoms with Crippen molar-refractivity contribution in [3.63, 3.8) is 0 Å². The van der Waals surface area contributed by atoms with Gasteiger partial charge in [0, 0.05) is 18.1 Å². The molecule has 12 heteroatoms. The number of aliphatic carboxylic acids is 1. The average molecular weight is 484 g/mol. The van der Waals surface area contributed by atoms with Crippen LogP contribution in [0.3, 0.4) is 0 Å². The fourth-order valence-corrected chi connectivity index (χ4v) is 2.06. The maximum atomic E-state index is 10.6. The molecule has 0 atom stereocenters. The summed E-state index contributed by atoms with van der Waals surface area (Å²) < 4.78 is 13.2. The summed E-state index contributed by atoms with van der Waals surface area (Å²) >= 11 is 0. The lowest BCUT2D eigenvalue weighted by Crippen LogP contribution is -2.00. The highest BCUT2D eigenvalue weighted by atomic mass is 16.5. The lowest BCUT2D eigenvalue weighted by atomic mass is 10.2. The minimum atomic E-state index is -1.22. The van der Waals surface area contributed by atoms with Gasteiger partial charge in [-0.1, -0.05) is 24.3 Å². The number of ether oxygens (including phenoxy) is 3. The molecule has 0 aromatic heterocycles. The van der Waals surface area contributed by atoms with E-state index in [4.69, 9.17) is 22.0 Å². The van der Waals surface area contributed by atoms with Crippen molar-refractivity contribution in [2.24, 2.45) is 0 Å². The fourth-order valence-electron chi connectivity index (χ4n) is 2.06. The van der Waals surface area contributed by atoms with Crippen LogP contribution in [0.1, 0.15) is 35.2 Å². The Balaban J connectivity index is 0.000000513. The fraction of sp³-hybridized carbons (Fsp3) is 0.174. The first-order valence-corrected chi connectivity index (χ1v) is 9.54. The predicted octanol–water partition coefficient (Wildman–Crippen LogP) is 2.98. The van der Waals surface area contributed by atoms with E-state index < -0.39 is 11.9 Å². The number of aromatic carboxylic acids is 1. The predicted molar refractivity (Wildman–Crippen MR) is 118 cm³/mol. The molecule has 12 nitrogen and oxygen atoms in total. The van der Waals surface area contributed by atoms with E-state index in [1.54, 1.807) is 24.3 Å². The Morgan fingerprint density at radius 2 is 1.51 bits per heavy atom. The number of carboxylic acid groups (broad SMARTS) is 2. The molecular weight excluding hydrogens is 464 g/mol. The number of hydrogen-bond acceptors (Lipinski definition) is 9. The van der Waals surface area contributed by atoms with E-state index in [1.807, 2.05) is 6.07 Å². The number of carbonyl (C=O) groups is 5. The Bertz CT molecular complexity index is 1010. The minimum Gasteiger partial charge on any atom is -0.481 e. The molecule has 0 aliphatic heterocycles. The van der Waals surface area contributed by atoms with E-state index >= 15 is 0 Å². The zero-order chi connectivity index (χ0) is 26.5. The van der Waals surface area contributed by atoms with Gasteiger partial charge in [0.1, 0.15) is 11.5 Å². The molecule has 2 aromatic rings. The quantitative estimate of drug-likeness (QED) is 0.272. The van der Waals surface area contributed by atoms with Gasteiger partial charge in [-0.25, -0.2) is 9.64 Å². The van der Waals surface area contributed by atoms with Gasteiger partial charge in [0.05, 0.1) is 24.8 Å². The Morgan fingerprint density at radius 1 is 0.943 bits per heavy atom. The maximum absolute atomic E-state index is 10.6. The van der Waals surface area contributed by atoms with Gasteiger partial charge in [0.2, 0.25) is 0 Å². The molecule has 0 unspecified atom stereocenters. The van der Waals surface area contributed by atoms with Crippen molar-refractivity contribution in [2.75, 3.05) is 6.61 Å². The topological polar surface area (TPSA) is 182 Å². The lowest BCUT2D eigenvalue weighted by Gasteiger charge is -2.03. The van der Waals surface area contributed by atoms with Crippen LogP contribution < -0.4 is 9.47 Å². The number of nitrogens with zero attached hydrogens (tertiary/aromatic N) is 2. The molecule has 0 saturated heterocycles. The highest BCUT2D eigenvalue weighted by Crippen LogP contribution is 2.22. The first kappa shape index (κ1) is 29.8. The number of unbranched alkanes of at least 4 members (excludes halogenated alkanes) is 1. The molecule has 35 heavy (non-hydrogen) atoms. The summed E-state index contributed by atoms with van der Waals surface area (Å²) in [5.41, 5.74) is 1.01. The van der Waals surface area contributed by atoms with Crippen LogP contribution in [0.25, 0.3) is 4.85 Å². The minimum absolute atomic E-state index is 0.0123. The molecular formula is C23H20N2O10. The van der Waals surface area contributed by atoms with Crippen molar-refractivity contribution in [2.45, 2.75) is 19.3 Å². The van der Waals surface area contributed by atoms with Gasteiger partial charge in [-0.3, -0.25) is 19.2 Å². The first-order valence-electron chi connectivity index (χ1n) is 9.54. The summed E-state index contributed by atoms with van der Waals surface area (Å²) in [6.45, 7) is 7.58. The molecule has 0 fully saturated rings. The number of carboxylic acids is 2. The van der Waals surface area contributed by atoms with Crippen LogP contribution in [-0.2, 0) is 23.9 Å². The zero-order valence-corrected chi connectivity index (χ0v) is 18.2. The Labute approximate surface area is 199 Å². The summed E-state index contributed by atoms with van der Waals surface area (Å²) in [7, 11) is 0. The maximum Gasteiger partial charge on any atom is 0.335 e. The lowest BCUT2D eigenvalue weighted by molar-refractivity contribution is -0.137. The highest BCUT2D eigenvalue weighted by molar-refractivity contribution is 5.89. The van der Waals surface area contributed by atoms with Gasteiger partial charge in [0.25, 0.3) is 19.4 Å². The SMILES string of the molecule is O=COCCCCC(=O)O.O=COc1cc(OC=O)cc(C(=O)O)c1.[C-]#[N+]c1ccc(C#N)cc1. The molecule has 0 aliphatic carbocycles. The molecule has 0 spiro atoms. The Hall–Kier alpha value is -5.23. The number of rotatable bonds is 11. The molecule has 0 amide bonds. The normalized spacial score (nSPS) is 8.63. The molecule has 0 heterocycles. The van der Waals surface area contributed by atoms with Crippen LogP contribution in [0.2, 0.25) is 0 Å². The van der Waals surface area contributed by atoms with Crippen molar-refractivity contribution in [3.05, 3.63) is 65.0 Å². The third-order valence-corrected chi connectivity index (χ3v) is 3.59. The molecule has 0 aliphatic rings. The largest absolute Gasteiger partial charge is 0.481 e. The second kappa shape index (κ2) is 18.4. The van der Waals surface area contributed by atoms with E-state index in [9.17, 15) is 24.0 Å². The third-order valence-electron chi connectivity index (χ3n) is 3.59. The van der Waals surface area contributed by atoms with Gasteiger partial charge >= 0.3 is 11.9 Å². The second-order valence-electron chi connectivity index (χ2n) is 6.01. The molecule has 2 aromatic carbocycles. The van der Waals surface area contributed by atoms with Crippen molar-refractivity contribution >= 4 is 37.0 Å². The van der Waals surface area contributed by atoms with Crippen LogP contribution in [0, 0.1) is 17.9 Å². The van der Waals surface area contributed by atoms with Crippen molar-refractivity contribution in [1.82, 2.24) is 0 Å². The van der Waals surface area contributed by atoms with Crippen LogP contribution in [0.4, 0.5) is 5.69 Å². The second-order valence-corrected chi connectivity index (χ2v) is 6.01. The van der Waals surface area contributed by atoms with Crippen molar-refractivity contribution < 1.29 is 48.4 Å². The summed E-state index contributed by atoms with van der Waals surface area (Å²) in [5, 5.41) is 25.2. The molecule has 0 bridgehead atoms.